The van der Waals surface area contributed by atoms with Crippen LogP contribution in [0, 0.1) is 17.1 Å². The van der Waals surface area contributed by atoms with Gasteiger partial charge in [0.2, 0.25) is 0 Å². The molecule has 0 bridgehead atoms. The van der Waals surface area contributed by atoms with E-state index in [-0.39, 0.29) is 11.1 Å². The van der Waals surface area contributed by atoms with Crippen LogP contribution in [-0.2, 0) is 0 Å². The highest BCUT2D eigenvalue weighted by molar-refractivity contribution is 5.37. The summed E-state index contributed by atoms with van der Waals surface area (Å²) in [7, 11) is 0. The third kappa shape index (κ3) is 2.25. The number of nitriles is 1. The van der Waals surface area contributed by atoms with E-state index in [1.54, 1.807) is 6.07 Å². The van der Waals surface area contributed by atoms with E-state index in [0.717, 1.165) is 12.8 Å². The molecule has 4 heteroatoms. The van der Waals surface area contributed by atoms with Gasteiger partial charge in [-0.25, -0.2) is 4.39 Å². The fourth-order valence-corrected chi connectivity index (χ4v) is 1.21. The number of benzene rings is 1. The van der Waals surface area contributed by atoms with Crippen LogP contribution in [-0.4, -0.2) is 12.1 Å². The highest BCUT2D eigenvalue weighted by atomic mass is 19.1. The van der Waals surface area contributed by atoms with Crippen LogP contribution in [0.15, 0.2) is 18.2 Å². The van der Waals surface area contributed by atoms with Gasteiger partial charge in [0.1, 0.15) is 24.2 Å². The normalized spacial score (nSPS) is 16.9. The maximum atomic E-state index is 13.0. The lowest BCUT2D eigenvalue weighted by atomic mass is 10.2. The molecule has 1 aliphatic carbocycles. The van der Waals surface area contributed by atoms with Crippen LogP contribution in [0.3, 0.4) is 0 Å². The zero-order valence-electron chi connectivity index (χ0n) is 8.16. The van der Waals surface area contributed by atoms with Crippen molar-refractivity contribution in [1.82, 2.24) is 0 Å². The SMILES string of the molecule is N#Cc1cc(OCC2(N)CC2)ccc1F. The van der Waals surface area contributed by atoms with Crippen LogP contribution in [0.1, 0.15) is 18.4 Å². The first-order valence-electron chi connectivity index (χ1n) is 4.74. The average molecular weight is 206 g/mol. The molecule has 0 atom stereocenters. The second-order valence-electron chi connectivity index (χ2n) is 3.90. The standard InChI is InChI=1S/C11H11FN2O/c12-10-2-1-9(5-8(10)6-13)15-7-11(14)3-4-11/h1-2,5H,3-4,7,14H2. The average Bonchev–Trinajstić information content (AvgIpc) is 2.96. The quantitative estimate of drug-likeness (QED) is 0.816. The molecule has 1 fully saturated rings. The molecule has 0 aromatic heterocycles. The van der Waals surface area contributed by atoms with Gasteiger partial charge in [-0.15, -0.1) is 0 Å². The van der Waals surface area contributed by atoms with Gasteiger partial charge in [-0.05, 0) is 25.0 Å². The summed E-state index contributed by atoms with van der Waals surface area (Å²) in [5.41, 5.74) is 5.62. The Kier molecular flexibility index (Phi) is 2.33. The van der Waals surface area contributed by atoms with E-state index in [1.807, 2.05) is 0 Å². The minimum Gasteiger partial charge on any atom is -0.492 e. The molecule has 2 rings (SSSR count). The van der Waals surface area contributed by atoms with E-state index in [2.05, 4.69) is 0 Å². The van der Waals surface area contributed by atoms with Gasteiger partial charge in [0, 0.05) is 6.07 Å². The van der Waals surface area contributed by atoms with E-state index >= 15 is 0 Å². The summed E-state index contributed by atoms with van der Waals surface area (Å²) in [4.78, 5) is 0. The van der Waals surface area contributed by atoms with E-state index < -0.39 is 5.82 Å². The van der Waals surface area contributed by atoms with Crippen molar-refractivity contribution in [1.29, 1.82) is 5.26 Å². The van der Waals surface area contributed by atoms with Gasteiger partial charge >= 0.3 is 0 Å². The van der Waals surface area contributed by atoms with Crippen molar-refractivity contribution in [3.63, 3.8) is 0 Å². The molecule has 1 saturated carbocycles. The lowest BCUT2D eigenvalue weighted by Crippen LogP contribution is -2.29. The van der Waals surface area contributed by atoms with Gasteiger partial charge in [-0.3, -0.25) is 0 Å². The second kappa shape index (κ2) is 3.52. The summed E-state index contributed by atoms with van der Waals surface area (Å²) >= 11 is 0. The highest BCUT2D eigenvalue weighted by Gasteiger charge is 2.39. The molecule has 0 spiro atoms. The summed E-state index contributed by atoms with van der Waals surface area (Å²) in [6.45, 7) is 0.420. The number of hydrogen-bond acceptors (Lipinski definition) is 3. The molecule has 78 valence electrons. The summed E-state index contributed by atoms with van der Waals surface area (Å²) in [5.74, 6) is -0.0385. The molecule has 3 nitrogen and oxygen atoms in total. The number of rotatable bonds is 3. The first kappa shape index (κ1) is 9.94. The number of hydrogen-bond donors (Lipinski definition) is 1. The summed E-state index contributed by atoms with van der Waals surface area (Å²) in [6, 6.07) is 5.88. The molecular formula is C11H11FN2O. The van der Waals surface area contributed by atoms with E-state index in [9.17, 15) is 4.39 Å². The fraction of sp³-hybridized carbons (Fsp3) is 0.364. The Morgan fingerprint density at radius 3 is 2.87 bits per heavy atom. The fourth-order valence-electron chi connectivity index (χ4n) is 1.21. The minimum atomic E-state index is -0.529. The van der Waals surface area contributed by atoms with Gasteiger partial charge < -0.3 is 10.5 Å². The number of halogens is 1. The molecule has 0 radical (unpaired) electrons. The van der Waals surface area contributed by atoms with Crippen molar-refractivity contribution >= 4 is 0 Å². The second-order valence-corrected chi connectivity index (χ2v) is 3.90. The van der Waals surface area contributed by atoms with Crippen molar-refractivity contribution in [2.24, 2.45) is 5.73 Å². The molecule has 1 aliphatic rings. The predicted molar refractivity (Wildman–Crippen MR) is 52.8 cm³/mol. The first-order chi connectivity index (χ1) is 7.13. The molecule has 0 saturated heterocycles. The van der Waals surface area contributed by atoms with Gasteiger partial charge in [-0.2, -0.15) is 5.26 Å². The molecule has 15 heavy (non-hydrogen) atoms. The molecule has 0 aliphatic heterocycles. The van der Waals surface area contributed by atoms with Crippen LogP contribution in [0.5, 0.6) is 5.75 Å². The van der Waals surface area contributed by atoms with Crippen molar-refractivity contribution in [3.8, 4) is 11.8 Å². The maximum Gasteiger partial charge on any atom is 0.141 e. The Bertz CT molecular complexity index is 421. The molecule has 1 aromatic carbocycles. The minimum absolute atomic E-state index is 0.00521. The first-order valence-corrected chi connectivity index (χ1v) is 4.74. The highest BCUT2D eigenvalue weighted by Crippen LogP contribution is 2.32. The van der Waals surface area contributed by atoms with Gasteiger partial charge in [0.05, 0.1) is 11.1 Å². The topological polar surface area (TPSA) is 59.0 Å². The van der Waals surface area contributed by atoms with E-state index in [0.29, 0.717) is 12.4 Å². The molecule has 0 amide bonds. The number of nitrogens with two attached hydrogens (primary N) is 1. The van der Waals surface area contributed by atoms with E-state index in [4.69, 9.17) is 15.7 Å². The van der Waals surface area contributed by atoms with Crippen LogP contribution in [0.2, 0.25) is 0 Å². The summed E-state index contributed by atoms with van der Waals surface area (Å²) in [5, 5.41) is 8.61. The predicted octanol–water partition coefficient (Wildman–Crippen LogP) is 1.57. The van der Waals surface area contributed by atoms with Crippen LogP contribution in [0.4, 0.5) is 4.39 Å². The molecule has 0 unspecified atom stereocenters. The van der Waals surface area contributed by atoms with Crippen molar-refractivity contribution < 1.29 is 9.13 Å². The van der Waals surface area contributed by atoms with E-state index in [1.165, 1.54) is 18.2 Å². The Morgan fingerprint density at radius 2 is 2.27 bits per heavy atom. The Morgan fingerprint density at radius 1 is 1.53 bits per heavy atom. The lowest BCUT2D eigenvalue weighted by molar-refractivity contribution is 0.279. The van der Waals surface area contributed by atoms with Crippen LogP contribution in [0.25, 0.3) is 0 Å². The Labute approximate surface area is 87.3 Å². The van der Waals surface area contributed by atoms with Crippen molar-refractivity contribution in [2.45, 2.75) is 18.4 Å². The van der Waals surface area contributed by atoms with Crippen LogP contribution >= 0.6 is 0 Å². The Balaban J connectivity index is 2.06. The summed E-state index contributed by atoms with van der Waals surface area (Å²) < 4.78 is 18.3. The third-order valence-corrected chi connectivity index (χ3v) is 2.48. The van der Waals surface area contributed by atoms with Gasteiger partial charge in [-0.1, -0.05) is 0 Å². The monoisotopic (exact) mass is 206 g/mol. The maximum absolute atomic E-state index is 13.0. The zero-order chi connectivity index (χ0) is 10.9. The van der Waals surface area contributed by atoms with Crippen LogP contribution < -0.4 is 10.5 Å². The number of ether oxygens (including phenoxy) is 1. The van der Waals surface area contributed by atoms with Gasteiger partial charge in [0.25, 0.3) is 0 Å². The molecular weight excluding hydrogens is 195 g/mol. The smallest absolute Gasteiger partial charge is 0.141 e. The number of nitrogens with zero attached hydrogens (tertiary/aromatic N) is 1. The molecule has 2 N–H and O–H groups in total. The summed E-state index contributed by atoms with van der Waals surface area (Å²) in [6.07, 6.45) is 1.92. The lowest BCUT2D eigenvalue weighted by Gasteiger charge is -2.11. The van der Waals surface area contributed by atoms with Crippen molar-refractivity contribution in [3.05, 3.63) is 29.6 Å². The largest absolute Gasteiger partial charge is 0.492 e. The molecule has 1 aromatic rings. The zero-order valence-corrected chi connectivity index (χ0v) is 8.16. The molecule has 0 heterocycles. The Hall–Kier alpha value is -1.60. The van der Waals surface area contributed by atoms with Gasteiger partial charge in [0.15, 0.2) is 0 Å². The third-order valence-electron chi connectivity index (χ3n) is 2.48. The van der Waals surface area contributed by atoms with Crippen molar-refractivity contribution in [2.75, 3.05) is 6.61 Å².